The lowest BCUT2D eigenvalue weighted by Crippen LogP contribution is -2.22. The molecule has 2 rings (SSSR count). The van der Waals surface area contributed by atoms with Gasteiger partial charge < -0.3 is 10.1 Å². The third-order valence-corrected chi connectivity index (χ3v) is 3.19. The van der Waals surface area contributed by atoms with Gasteiger partial charge in [-0.15, -0.1) is 0 Å². The van der Waals surface area contributed by atoms with Crippen LogP contribution < -0.4 is 5.32 Å². The van der Waals surface area contributed by atoms with E-state index in [2.05, 4.69) is 11.4 Å². The second-order valence-electron chi connectivity index (χ2n) is 4.02. The van der Waals surface area contributed by atoms with Crippen LogP contribution in [0, 0.1) is 0 Å². The zero-order valence-corrected chi connectivity index (χ0v) is 11.2. The molecule has 17 heavy (non-hydrogen) atoms. The molecule has 0 bridgehead atoms. The maximum absolute atomic E-state index is 6.02. The van der Waals surface area contributed by atoms with E-state index >= 15 is 0 Å². The van der Waals surface area contributed by atoms with E-state index in [0.717, 1.165) is 30.8 Å². The Bertz CT molecular complexity index is 411. The Labute approximate surface area is 112 Å². The fraction of sp³-hybridized carbons (Fsp3) is 0.385. The quantitative estimate of drug-likeness (QED) is 0.899. The first-order chi connectivity index (χ1) is 8.20. The molecule has 4 heteroatoms. The highest BCUT2D eigenvalue weighted by Crippen LogP contribution is 2.29. The number of allylic oxidation sites excluding steroid dienone is 1. The van der Waals surface area contributed by atoms with Crippen LogP contribution in [-0.2, 0) is 4.74 Å². The number of rotatable bonds is 3. The van der Waals surface area contributed by atoms with E-state index in [-0.39, 0.29) is 6.04 Å². The van der Waals surface area contributed by atoms with Crippen LogP contribution >= 0.6 is 23.2 Å². The zero-order chi connectivity index (χ0) is 12.3. The van der Waals surface area contributed by atoms with Gasteiger partial charge in [0.25, 0.3) is 0 Å². The van der Waals surface area contributed by atoms with Gasteiger partial charge in [-0.3, -0.25) is 0 Å². The van der Waals surface area contributed by atoms with Crippen LogP contribution in [-0.4, -0.2) is 13.7 Å². The minimum atomic E-state index is 0.0199. The van der Waals surface area contributed by atoms with E-state index in [4.69, 9.17) is 27.9 Å². The number of halogens is 2. The molecule has 92 valence electrons. The Balaban J connectivity index is 2.31. The van der Waals surface area contributed by atoms with Gasteiger partial charge in [-0.05, 0) is 49.7 Å². The number of benzene rings is 1. The molecule has 1 atom stereocenters. The molecule has 0 spiro atoms. The molecule has 1 unspecified atom stereocenters. The van der Waals surface area contributed by atoms with Gasteiger partial charge in [0.1, 0.15) is 5.76 Å². The van der Waals surface area contributed by atoms with Crippen LogP contribution in [0.15, 0.2) is 30.0 Å². The van der Waals surface area contributed by atoms with Gasteiger partial charge in [-0.2, -0.15) is 0 Å². The summed E-state index contributed by atoms with van der Waals surface area (Å²) < 4.78 is 5.68. The van der Waals surface area contributed by atoms with Crippen molar-refractivity contribution in [2.24, 2.45) is 0 Å². The molecule has 0 amide bonds. The predicted molar refractivity (Wildman–Crippen MR) is 71.5 cm³/mol. The highest BCUT2D eigenvalue weighted by molar-refractivity contribution is 6.34. The van der Waals surface area contributed by atoms with Crippen molar-refractivity contribution >= 4 is 23.2 Å². The van der Waals surface area contributed by atoms with Crippen molar-refractivity contribution < 1.29 is 4.74 Å². The van der Waals surface area contributed by atoms with E-state index in [0.29, 0.717) is 10.0 Å². The molecule has 0 radical (unpaired) electrons. The number of ether oxygens (including phenoxy) is 1. The molecule has 1 aromatic rings. The molecular weight excluding hydrogens is 257 g/mol. The third-order valence-electron chi connectivity index (χ3n) is 2.75. The summed E-state index contributed by atoms with van der Waals surface area (Å²) >= 11 is 12.0. The summed E-state index contributed by atoms with van der Waals surface area (Å²) in [6.45, 7) is 0.776. The van der Waals surface area contributed by atoms with Crippen molar-refractivity contribution in [1.29, 1.82) is 0 Å². The monoisotopic (exact) mass is 271 g/mol. The Hall–Kier alpha value is -0.700. The zero-order valence-electron chi connectivity index (χ0n) is 9.67. The van der Waals surface area contributed by atoms with E-state index in [9.17, 15) is 0 Å². The van der Waals surface area contributed by atoms with E-state index in [1.165, 1.54) is 0 Å². The van der Waals surface area contributed by atoms with Crippen molar-refractivity contribution in [3.63, 3.8) is 0 Å². The van der Waals surface area contributed by atoms with Gasteiger partial charge in [0.2, 0.25) is 0 Å². The fourth-order valence-electron chi connectivity index (χ4n) is 1.99. The van der Waals surface area contributed by atoms with Crippen molar-refractivity contribution in [2.45, 2.75) is 18.9 Å². The normalized spacial score (nSPS) is 17.2. The van der Waals surface area contributed by atoms with Crippen LogP contribution in [0.4, 0.5) is 0 Å². The lowest BCUT2D eigenvalue weighted by molar-refractivity contribution is 0.169. The average Bonchev–Trinajstić information content (AvgIpc) is 2.30. The highest BCUT2D eigenvalue weighted by atomic mass is 35.5. The molecule has 1 N–H and O–H groups in total. The lowest BCUT2D eigenvalue weighted by Gasteiger charge is -2.24. The van der Waals surface area contributed by atoms with E-state index in [1.807, 2.05) is 19.2 Å². The van der Waals surface area contributed by atoms with Crippen LogP contribution in [0.5, 0.6) is 0 Å². The van der Waals surface area contributed by atoms with Crippen molar-refractivity contribution in [3.8, 4) is 0 Å². The highest BCUT2D eigenvalue weighted by Gasteiger charge is 2.18. The number of likely N-dealkylation sites (N-methyl/N-ethyl adjacent to an activating group) is 1. The van der Waals surface area contributed by atoms with Gasteiger partial charge in [-0.25, -0.2) is 0 Å². The van der Waals surface area contributed by atoms with Gasteiger partial charge >= 0.3 is 0 Å². The summed E-state index contributed by atoms with van der Waals surface area (Å²) in [5.41, 5.74) is 1.03. The molecule has 1 aliphatic rings. The largest absolute Gasteiger partial charge is 0.496 e. The number of hydrogen-bond donors (Lipinski definition) is 1. The van der Waals surface area contributed by atoms with Gasteiger partial charge in [-0.1, -0.05) is 23.2 Å². The Morgan fingerprint density at radius 2 is 1.94 bits per heavy atom. The molecule has 0 aromatic heterocycles. The Kier molecular flexibility index (Phi) is 4.32. The minimum absolute atomic E-state index is 0.0199. The van der Waals surface area contributed by atoms with Crippen LogP contribution in [0.2, 0.25) is 10.0 Å². The standard InChI is InChI=1S/C13H15Cl2NO/c1-16-13(12-4-2-3-5-17-12)9-6-10(14)8-11(15)7-9/h4,6-8,13,16H,2-3,5H2,1H3. The topological polar surface area (TPSA) is 21.3 Å². The maximum atomic E-state index is 6.02. The molecule has 2 nitrogen and oxygen atoms in total. The molecule has 0 fully saturated rings. The lowest BCUT2D eigenvalue weighted by atomic mass is 10.0. The first-order valence-electron chi connectivity index (χ1n) is 5.67. The molecule has 0 saturated heterocycles. The minimum Gasteiger partial charge on any atom is -0.496 e. The summed E-state index contributed by atoms with van der Waals surface area (Å²) in [4.78, 5) is 0. The Morgan fingerprint density at radius 3 is 2.47 bits per heavy atom. The SMILES string of the molecule is CNC(C1=CCCCO1)c1cc(Cl)cc(Cl)c1. The number of nitrogens with one attached hydrogen (secondary N) is 1. The van der Waals surface area contributed by atoms with Crippen LogP contribution in [0.3, 0.4) is 0 Å². The summed E-state index contributed by atoms with van der Waals surface area (Å²) in [5, 5.41) is 4.52. The van der Waals surface area contributed by atoms with Gasteiger partial charge in [0.05, 0.1) is 12.6 Å². The van der Waals surface area contributed by atoms with Crippen molar-refractivity contribution in [1.82, 2.24) is 5.32 Å². The second kappa shape index (κ2) is 5.76. The first kappa shape index (κ1) is 12.7. The first-order valence-corrected chi connectivity index (χ1v) is 6.42. The maximum Gasteiger partial charge on any atom is 0.113 e. The van der Waals surface area contributed by atoms with Crippen molar-refractivity contribution in [3.05, 3.63) is 45.6 Å². The molecule has 0 saturated carbocycles. The summed E-state index contributed by atoms with van der Waals surface area (Å²) in [7, 11) is 1.90. The smallest absolute Gasteiger partial charge is 0.113 e. The molecule has 0 aliphatic carbocycles. The van der Waals surface area contributed by atoms with Crippen LogP contribution in [0.1, 0.15) is 24.4 Å². The summed E-state index contributed by atoms with van der Waals surface area (Å²) in [6, 6.07) is 5.57. The average molecular weight is 272 g/mol. The third kappa shape index (κ3) is 3.15. The van der Waals surface area contributed by atoms with Gasteiger partial charge in [0.15, 0.2) is 0 Å². The molecular formula is C13H15Cl2NO. The second-order valence-corrected chi connectivity index (χ2v) is 4.89. The predicted octanol–water partition coefficient (Wildman–Crippen LogP) is 3.95. The van der Waals surface area contributed by atoms with E-state index < -0.39 is 0 Å². The Morgan fingerprint density at radius 1 is 1.24 bits per heavy atom. The molecule has 1 heterocycles. The fourth-order valence-corrected chi connectivity index (χ4v) is 2.54. The number of hydrogen-bond acceptors (Lipinski definition) is 2. The summed E-state index contributed by atoms with van der Waals surface area (Å²) in [6.07, 6.45) is 4.26. The van der Waals surface area contributed by atoms with Crippen molar-refractivity contribution in [2.75, 3.05) is 13.7 Å². The van der Waals surface area contributed by atoms with Gasteiger partial charge in [0, 0.05) is 10.0 Å². The van der Waals surface area contributed by atoms with E-state index in [1.54, 1.807) is 6.07 Å². The molecule has 1 aromatic carbocycles. The summed E-state index contributed by atoms with van der Waals surface area (Å²) in [5.74, 6) is 0.956. The van der Waals surface area contributed by atoms with Crippen LogP contribution in [0.25, 0.3) is 0 Å². The molecule has 1 aliphatic heterocycles.